The SMILES string of the molecule is [N-]=[N+]=NC[C@H]1O[C@H](O[C@H]2[C@H](OCc3ccccc3)[C@@H](O[C@H]3O[C@H](COCc4ccccc4)[C@@H](OCc4ccccc4)[C@H](N=[N+]=[N-])[C@H]3OCc3ccccc3)[C@H](N=[N+]=[N-])C[C@@H]2N=[N+]=[N-])[C@H](OCc2ccccc2)[C@@H](OCc2ccccc2)[C@@H]1OCc1ccccc1. The van der Waals surface area contributed by atoms with Crippen LogP contribution in [-0.4, -0.2) is 105 Å². The second-order valence-electron chi connectivity index (χ2n) is 21.7. The van der Waals surface area contributed by atoms with Gasteiger partial charge in [0.1, 0.15) is 36.6 Å². The zero-order valence-corrected chi connectivity index (χ0v) is 49.3. The standard InChI is InChI=1S/C67H70N12O11/c68-76-72-37-55-61(82-40-48-26-12-3-13-27-48)64(85-43-51-32-18-6-19-33-51)65(86-44-52-34-20-7-21-35-52)67(87-55)90-59-54(74-78-70)36-53(73-77-69)58(63(59)84-42-50-30-16-5-17-31-50)89-66-62(83-41-49-28-14-4-15-29-49)57(75-79-71)60(81-39-47-24-10-2-11-25-47)56(88-66)45-80-38-46-22-8-1-9-23-46/h1-35,53-67H,36-45H2/t53-,54+,55-,56-,57+,58+,59-,60-,61-,62-,63-,64+,65-,66-,67-/m1/s1. The second-order valence-corrected chi connectivity index (χ2v) is 21.7. The monoisotopic (exact) mass is 1220 g/mol. The van der Waals surface area contributed by atoms with Gasteiger partial charge >= 0.3 is 0 Å². The van der Waals surface area contributed by atoms with Crippen molar-refractivity contribution in [3.63, 3.8) is 0 Å². The van der Waals surface area contributed by atoms with Crippen molar-refractivity contribution in [3.05, 3.63) is 293 Å². The molecule has 2 heterocycles. The normalized spacial score (nSPS) is 26.3. The van der Waals surface area contributed by atoms with Gasteiger partial charge in [-0.1, -0.05) is 233 Å². The van der Waals surface area contributed by atoms with Crippen molar-refractivity contribution in [2.45, 2.75) is 144 Å². The van der Waals surface area contributed by atoms with Crippen molar-refractivity contribution in [3.8, 4) is 0 Å². The summed E-state index contributed by atoms with van der Waals surface area (Å²) in [6.45, 7) is 0.258. The molecule has 23 nitrogen and oxygen atoms in total. The quantitative estimate of drug-likeness (QED) is 0.0223. The summed E-state index contributed by atoms with van der Waals surface area (Å²) >= 11 is 0. The van der Waals surface area contributed by atoms with Crippen molar-refractivity contribution < 1.29 is 52.1 Å². The van der Waals surface area contributed by atoms with Gasteiger partial charge in [-0.2, -0.15) is 0 Å². The number of nitrogens with zero attached hydrogens (tertiary/aromatic N) is 12. The molecule has 1 aliphatic carbocycles. The average Bonchev–Trinajstić information content (AvgIpc) is 0.853. The summed E-state index contributed by atoms with van der Waals surface area (Å²) in [6.07, 6.45) is -14.2. The van der Waals surface area contributed by atoms with Crippen LogP contribution in [0.15, 0.2) is 233 Å². The molecular weight excluding hydrogens is 1150 g/mol. The third-order valence-electron chi connectivity index (χ3n) is 15.7. The van der Waals surface area contributed by atoms with Crippen molar-refractivity contribution >= 4 is 0 Å². The number of benzene rings is 7. The molecule has 0 aromatic heterocycles. The highest BCUT2D eigenvalue weighted by atomic mass is 16.7. The molecule has 1 saturated carbocycles. The lowest BCUT2D eigenvalue weighted by Crippen LogP contribution is -2.66. The summed E-state index contributed by atoms with van der Waals surface area (Å²) in [4.78, 5) is 13.1. The summed E-state index contributed by atoms with van der Waals surface area (Å²) in [5.74, 6) is 0. The van der Waals surface area contributed by atoms with E-state index in [1.54, 1.807) is 0 Å². The van der Waals surface area contributed by atoms with Gasteiger partial charge in [0.05, 0.1) is 102 Å². The minimum Gasteiger partial charge on any atom is -0.374 e. The van der Waals surface area contributed by atoms with Gasteiger partial charge in [-0.3, -0.25) is 0 Å². The molecule has 3 fully saturated rings. The molecule has 10 rings (SSSR count). The summed E-state index contributed by atoms with van der Waals surface area (Å²) in [6, 6.07) is 63.3. The Kier molecular flexibility index (Phi) is 24.6. The Morgan fingerprint density at radius 3 is 1.04 bits per heavy atom. The highest BCUT2D eigenvalue weighted by Crippen LogP contribution is 2.40. The summed E-state index contributed by atoms with van der Waals surface area (Å²) < 4.78 is 76.5. The molecule has 2 aliphatic heterocycles. The Morgan fingerprint density at radius 1 is 0.333 bits per heavy atom. The van der Waals surface area contributed by atoms with Gasteiger partial charge in [-0.05, 0) is 67.5 Å². The first kappa shape index (κ1) is 64.3. The molecule has 15 atom stereocenters. The van der Waals surface area contributed by atoms with Crippen LogP contribution in [0.25, 0.3) is 41.8 Å². The molecule has 0 unspecified atom stereocenters. The highest BCUT2D eigenvalue weighted by molar-refractivity contribution is 5.20. The number of azide groups is 4. The van der Waals surface area contributed by atoms with Crippen molar-refractivity contribution in [1.29, 1.82) is 0 Å². The number of hydrogen-bond donors (Lipinski definition) is 0. The van der Waals surface area contributed by atoms with Crippen LogP contribution in [0.2, 0.25) is 0 Å². The molecule has 0 amide bonds. The lowest BCUT2D eigenvalue weighted by molar-refractivity contribution is -0.351. The highest BCUT2D eigenvalue weighted by Gasteiger charge is 2.56. The van der Waals surface area contributed by atoms with Crippen molar-refractivity contribution in [1.82, 2.24) is 0 Å². The van der Waals surface area contributed by atoms with Gasteiger partial charge in [0, 0.05) is 19.6 Å². The summed E-state index contributed by atoms with van der Waals surface area (Å²) in [5, 5.41) is 17.1. The zero-order chi connectivity index (χ0) is 62.0. The maximum atomic E-state index is 10.5. The molecule has 0 radical (unpaired) electrons. The number of rotatable bonds is 31. The molecule has 90 heavy (non-hydrogen) atoms. The van der Waals surface area contributed by atoms with Crippen LogP contribution in [0.1, 0.15) is 45.4 Å². The van der Waals surface area contributed by atoms with E-state index in [0.29, 0.717) is 0 Å². The lowest BCUT2D eigenvalue weighted by atomic mass is 9.83. The fraction of sp³-hybridized carbons (Fsp3) is 0.373. The largest absolute Gasteiger partial charge is 0.374 e. The molecule has 464 valence electrons. The minimum absolute atomic E-state index is 0.0137. The molecule has 0 N–H and O–H groups in total. The van der Waals surface area contributed by atoms with Crippen LogP contribution in [0.4, 0.5) is 0 Å². The van der Waals surface area contributed by atoms with Crippen LogP contribution in [0, 0.1) is 0 Å². The summed E-state index contributed by atoms with van der Waals surface area (Å²) in [5.41, 5.74) is 47.1. The molecule has 0 bridgehead atoms. The second kappa shape index (κ2) is 34.3. The maximum absolute atomic E-state index is 10.5. The van der Waals surface area contributed by atoms with E-state index in [4.69, 9.17) is 52.1 Å². The van der Waals surface area contributed by atoms with Gasteiger partial charge in [-0.15, -0.1) is 0 Å². The number of ether oxygens (including phenoxy) is 11. The van der Waals surface area contributed by atoms with E-state index in [9.17, 15) is 22.1 Å². The maximum Gasteiger partial charge on any atom is 0.187 e. The Hall–Kier alpha value is -8.66. The predicted octanol–water partition coefficient (Wildman–Crippen LogP) is 13.7. The van der Waals surface area contributed by atoms with Gasteiger partial charge < -0.3 is 52.1 Å². The van der Waals surface area contributed by atoms with E-state index in [1.165, 1.54) is 0 Å². The molecule has 2 saturated heterocycles. The smallest absolute Gasteiger partial charge is 0.187 e. The first-order valence-corrected chi connectivity index (χ1v) is 29.8. The lowest BCUT2D eigenvalue weighted by Gasteiger charge is -2.51. The fourth-order valence-electron chi connectivity index (χ4n) is 11.3. The van der Waals surface area contributed by atoms with Crippen LogP contribution in [0.5, 0.6) is 0 Å². The van der Waals surface area contributed by atoms with Gasteiger partial charge in [0.2, 0.25) is 0 Å². The predicted molar refractivity (Wildman–Crippen MR) is 331 cm³/mol. The first-order valence-electron chi connectivity index (χ1n) is 29.8. The van der Waals surface area contributed by atoms with E-state index in [1.807, 2.05) is 212 Å². The topological polar surface area (TPSA) is 297 Å². The van der Waals surface area contributed by atoms with Crippen LogP contribution in [-0.2, 0) is 98.4 Å². The van der Waals surface area contributed by atoms with E-state index < -0.39 is 91.7 Å². The molecule has 3 aliphatic rings. The van der Waals surface area contributed by atoms with E-state index >= 15 is 0 Å². The van der Waals surface area contributed by atoms with Gasteiger partial charge in [0.15, 0.2) is 12.6 Å². The molecule has 7 aromatic carbocycles. The minimum atomic E-state index is -1.44. The van der Waals surface area contributed by atoms with Crippen molar-refractivity contribution in [2.75, 3.05) is 13.2 Å². The fourth-order valence-corrected chi connectivity index (χ4v) is 11.3. The Morgan fingerprint density at radius 2 is 0.656 bits per heavy atom. The summed E-state index contributed by atoms with van der Waals surface area (Å²) in [7, 11) is 0. The Bertz CT molecular complexity index is 3450. The average molecular weight is 1220 g/mol. The Labute approximate surface area is 521 Å². The van der Waals surface area contributed by atoms with E-state index in [-0.39, 0.29) is 65.8 Å². The third kappa shape index (κ3) is 18.0. The van der Waals surface area contributed by atoms with Crippen LogP contribution < -0.4 is 0 Å². The molecule has 23 heteroatoms. The van der Waals surface area contributed by atoms with Crippen LogP contribution >= 0.6 is 0 Å². The van der Waals surface area contributed by atoms with Crippen molar-refractivity contribution in [2.24, 2.45) is 20.5 Å². The van der Waals surface area contributed by atoms with Gasteiger partial charge in [-0.25, -0.2) is 0 Å². The number of hydrogen-bond acceptors (Lipinski definition) is 15. The zero-order valence-electron chi connectivity index (χ0n) is 49.3. The van der Waals surface area contributed by atoms with E-state index in [0.717, 1.165) is 38.9 Å². The first-order chi connectivity index (χ1) is 44.5. The van der Waals surface area contributed by atoms with Crippen LogP contribution in [0.3, 0.4) is 0 Å². The third-order valence-corrected chi connectivity index (χ3v) is 15.7. The molecular formula is C67H70N12O11. The molecule has 0 spiro atoms. The molecule has 7 aromatic rings. The Balaban J connectivity index is 1.07. The van der Waals surface area contributed by atoms with E-state index in [2.05, 4.69) is 40.1 Å². The van der Waals surface area contributed by atoms with Gasteiger partial charge in [0.25, 0.3) is 0 Å².